The third-order valence-corrected chi connectivity index (χ3v) is 4.99. The minimum Gasteiger partial charge on any atom is -0.326 e. The molecule has 3 rings (SSSR count). The Bertz CT molecular complexity index is 850. The van der Waals surface area contributed by atoms with E-state index in [4.69, 9.17) is 0 Å². The summed E-state index contributed by atoms with van der Waals surface area (Å²) >= 11 is 0.904. The summed E-state index contributed by atoms with van der Waals surface area (Å²) in [5.41, 5.74) is 3.13. The summed E-state index contributed by atoms with van der Waals surface area (Å²) < 4.78 is 0. The molecular weight excluding hydrogens is 336 g/mol. The third-order valence-electron chi connectivity index (χ3n) is 3.95. The van der Waals surface area contributed by atoms with E-state index in [1.165, 1.54) is 4.90 Å². The van der Waals surface area contributed by atoms with Gasteiger partial charge in [0.15, 0.2) is 0 Å². The van der Waals surface area contributed by atoms with E-state index in [9.17, 15) is 14.4 Å². The van der Waals surface area contributed by atoms with Gasteiger partial charge in [-0.05, 0) is 54.9 Å². The lowest BCUT2D eigenvalue weighted by molar-refractivity contribution is -0.121. The van der Waals surface area contributed by atoms with E-state index < -0.39 is 5.25 Å². The molecule has 1 fully saturated rings. The zero-order valence-corrected chi connectivity index (χ0v) is 14.8. The van der Waals surface area contributed by atoms with Crippen molar-refractivity contribution >= 4 is 40.2 Å². The maximum atomic E-state index is 12.6. The first-order valence-electron chi connectivity index (χ1n) is 7.92. The van der Waals surface area contributed by atoms with Crippen LogP contribution in [0.4, 0.5) is 16.2 Å². The van der Waals surface area contributed by atoms with Crippen LogP contribution in [0.25, 0.3) is 0 Å². The first-order chi connectivity index (χ1) is 12.0. The Labute approximate surface area is 150 Å². The highest BCUT2D eigenvalue weighted by atomic mass is 32.2. The lowest BCUT2D eigenvalue weighted by atomic mass is 10.1. The van der Waals surface area contributed by atoms with Crippen LogP contribution < -0.4 is 10.2 Å². The number of nitrogens with one attached hydrogen (secondary N) is 1. The van der Waals surface area contributed by atoms with Crippen LogP contribution in [0.15, 0.2) is 48.5 Å². The number of rotatable bonds is 4. The molecule has 128 valence electrons. The molecule has 1 aliphatic heterocycles. The SMILES string of the molecule is Cc1cccc(NC(=O)C[C@@H]2SC(=O)N(c3ccccc3C)C2=O)c1. The minimum atomic E-state index is -0.697. The highest BCUT2D eigenvalue weighted by Crippen LogP contribution is 2.34. The number of hydrogen-bond donors (Lipinski definition) is 1. The minimum absolute atomic E-state index is 0.0361. The molecule has 1 heterocycles. The summed E-state index contributed by atoms with van der Waals surface area (Å²) in [6, 6.07) is 14.6. The number of amides is 3. The molecule has 2 aromatic rings. The summed E-state index contributed by atoms with van der Waals surface area (Å²) in [6.07, 6.45) is -0.0361. The molecule has 6 heteroatoms. The number of imide groups is 1. The van der Waals surface area contributed by atoms with Crippen molar-refractivity contribution in [3.8, 4) is 0 Å². The summed E-state index contributed by atoms with van der Waals surface area (Å²) in [5.74, 6) is -0.625. The molecule has 0 aliphatic carbocycles. The Kier molecular flexibility index (Phi) is 4.90. The Hall–Kier alpha value is -2.60. The molecule has 5 nitrogen and oxygen atoms in total. The molecule has 2 aromatic carbocycles. The van der Waals surface area contributed by atoms with Crippen LogP contribution in [0, 0.1) is 13.8 Å². The van der Waals surface area contributed by atoms with Crippen molar-refractivity contribution in [2.24, 2.45) is 0 Å². The number of thioether (sulfide) groups is 1. The van der Waals surface area contributed by atoms with Gasteiger partial charge in [0, 0.05) is 12.1 Å². The Morgan fingerprint density at radius 3 is 2.60 bits per heavy atom. The van der Waals surface area contributed by atoms with Crippen LogP contribution >= 0.6 is 11.8 Å². The number of anilines is 2. The average molecular weight is 354 g/mol. The molecule has 25 heavy (non-hydrogen) atoms. The van der Waals surface area contributed by atoms with Crippen molar-refractivity contribution in [3.63, 3.8) is 0 Å². The fourth-order valence-corrected chi connectivity index (χ4v) is 3.70. The van der Waals surface area contributed by atoms with Gasteiger partial charge in [-0.3, -0.25) is 14.4 Å². The summed E-state index contributed by atoms with van der Waals surface area (Å²) in [7, 11) is 0. The van der Waals surface area contributed by atoms with Crippen LogP contribution in [-0.2, 0) is 9.59 Å². The number of nitrogens with zero attached hydrogens (tertiary/aromatic N) is 1. The largest absolute Gasteiger partial charge is 0.326 e. The molecule has 0 unspecified atom stereocenters. The van der Waals surface area contributed by atoms with Crippen molar-refractivity contribution in [1.29, 1.82) is 0 Å². The second kappa shape index (κ2) is 7.11. The standard InChI is InChI=1S/C19H18N2O3S/c1-12-6-5-8-14(10-12)20-17(22)11-16-18(23)21(19(24)25-16)15-9-4-3-7-13(15)2/h3-10,16H,11H2,1-2H3,(H,20,22)/t16-/m0/s1. The van der Waals surface area contributed by atoms with Gasteiger partial charge in [-0.25, -0.2) is 4.90 Å². The zero-order valence-electron chi connectivity index (χ0n) is 14.0. The van der Waals surface area contributed by atoms with E-state index in [-0.39, 0.29) is 23.5 Å². The van der Waals surface area contributed by atoms with Gasteiger partial charge >= 0.3 is 0 Å². The highest BCUT2D eigenvalue weighted by molar-refractivity contribution is 8.15. The van der Waals surface area contributed by atoms with Crippen molar-refractivity contribution in [2.75, 3.05) is 10.2 Å². The molecule has 3 amide bonds. The topological polar surface area (TPSA) is 66.5 Å². The van der Waals surface area contributed by atoms with Gasteiger partial charge in [-0.1, -0.05) is 30.3 Å². The van der Waals surface area contributed by atoms with Gasteiger partial charge < -0.3 is 5.32 Å². The second-order valence-electron chi connectivity index (χ2n) is 5.95. The van der Waals surface area contributed by atoms with Gasteiger partial charge in [-0.15, -0.1) is 0 Å². The molecule has 0 spiro atoms. The number of hydrogen-bond acceptors (Lipinski definition) is 4. The predicted molar refractivity (Wildman–Crippen MR) is 99.9 cm³/mol. The van der Waals surface area contributed by atoms with Crippen LogP contribution in [0.2, 0.25) is 0 Å². The van der Waals surface area contributed by atoms with Gasteiger partial charge in [0.05, 0.1) is 5.69 Å². The zero-order chi connectivity index (χ0) is 18.0. The summed E-state index contributed by atoms with van der Waals surface area (Å²) in [4.78, 5) is 38.3. The normalized spacial score (nSPS) is 17.0. The van der Waals surface area contributed by atoms with Crippen LogP contribution in [0.5, 0.6) is 0 Å². The molecule has 0 radical (unpaired) electrons. The number of carbonyl (C=O) groups is 3. The smallest absolute Gasteiger partial charge is 0.293 e. The van der Waals surface area contributed by atoms with E-state index in [0.29, 0.717) is 11.4 Å². The van der Waals surface area contributed by atoms with Crippen LogP contribution in [-0.4, -0.2) is 22.3 Å². The maximum Gasteiger partial charge on any atom is 0.293 e. The van der Waals surface area contributed by atoms with E-state index in [0.717, 1.165) is 22.9 Å². The van der Waals surface area contributed by atoms with Crippen LogP contribution in [0.3, 0.4) is 0 Å². The maximum absolute atomic E-state index is 12.6. The average Bonchev–Trinajstić information content (AvgIpc) is 2.82. The molecule has 0 bridgehead atoms. The fraction of sp³-hybridized carbons (Fsp3) is 0.211. The van der Waals surface area contributed by atoms with Gasteiger partial charge in [-0.2, -0.15) is 0 Å². The van der Waals surface area contributed by atoms with Crippen LogP contribution in [0.1, 0.15) is 17.5 Å². The molecule has 1 saturated heterocycles. The first-order valence-corrected chi connectivity index (χ1v) is 8.80. The quantitative estimate of drug-likeness (QED) is 0.904. The van der Waals surface area contributed by atoms with E-state index >= 15 is 0 Å². The van der Waals surface area contributed by atoms with Crippen molar-refractivity contribution in [1.82, 2.24) is 0 Å². The summed E-state index contributed by atoms with van der Waals surface area (Å²) in [6.45, 7) is 3.78. The molecule has 0 saturated carbocycles. The monoisotopic (exact) mass is 354 g/mol. The van der Waals surface area contributed by atoms with Gasteiger partial charge in [0.25, 0.3) is 5.24 Å². The number of carbonyl (C=O) groups excluding carboxylic acids is 3. The van der Waals surface area contributed by atoms with Crippen molar-refractivity contribution < 1.29 is 14.4 Å². The third kappa shape index (κ3) is 3.74. The molecule has 1 atom stereocenters. The van der Waals surface area contributed by atoms with Crippen molar-refractivity contribution in [2.45, 2.75) is 25.5 Å². The number of benzene rings is 2. The molecule has 1 aliphatic rings. The van der Waals surface area contributed by atoms with E-state index in [2.05, 4.69) is 5.32 Å². The molecular formula is C19H18N2O3S. The Balaban J connectivity index is 1.70. The number of aryl methyl sites for hydroxylation is 2. The Morgan fingerprint density at radius 2 is 1.88 bits per heavy atom. The lowest BCUT2D eigenvalue weighted by Crippen LogP contribution is -2.33. The Morgan fingerprint density at radius 1 is 1.12 bits per heavy atom. The molecule has 1 N–H and O–H groups in total. The van der Waals surface area contributed by atoms with Gasteiger partial charge in [0.2, 0.25) is 11.8 Å². The molecule has 0 aromatic heterocycles. The fourth-order valence-electron chi connectivity index (χ4n) is 2.72. The van der Waals surface area contributed by atoms with E-state index in [1.54, 1.807) is 18.2 Å². The highest BCUT2D eigenvalue weighted by Gasteiger charge is 2.41. The second-order valence-corrected chi connectivity index (χ2v) is 7.11. The summed E-state index contributed by atoms with van der Waals surface area (Å²) in [5, 5.41) is 1.74. The van der Waals surface area contributed by atoms with Crippen molar-refractivity contribution in [3.05, 3.63) is 59.7 Å². The van der Waals surface area contributed by atoms with E-state index in [1.807, 2.05) is 44.2 Å². The lowest BCUT2D eigenvalue weighted by Gasteiger charge is -2.16. The number of para-hydroxylation sites is 1. The first kappa shape index (κ1) is 17.2. The van der Waals surface area contributed by atoms with Gasteiger partial charge in [0.1, 0.15) is 5.25 Å². The predicted octanol–water partition coefficient (Wildman–Crippen LogP) is 3.90.